The van der Waals surface area contributed by atoms with Crippen molar-refractivity contribution in [2.24, 2.45) is 0 Å². The average Bonchev–Trinajstić information content (AvgIpc) is 2.33. The standard InChI is InChI=1S/C13H14IN3/c1-9-12(14)13(17-10(2)16-9)15-8-11-6-4-3-5-7-11/h3-7H,8H2,1-2H3,(H,15,16,17). The third-order valence-corrected chi connectivity index (χ3v) is 3.72. The molecule has 1 aromatic heterocycles. The van der Waals surface area contributed by atoms with Crippen LogP contribution >= 0.6 is 22.6 Å². The Kier molecular flexibility index (Phi) is 3.93. The predicted molar refractivity (Wildman–Crippen MR) is 78.0 cm³/mol. The highest BCUT2D eigenvalue weighted by Gasteiger charge is 2.06. The van der Waals surface area contributed by atoms with E-state index < -0.39 is 0 Å². The van der Waals surface area contributed by atoms with Crippen LogP contribution in [-0.4, -0.2) is 9.97 Å². The lowest BCUT2D eigenvalue weighted by Gasteiger charge is -2.10. The molecule has 0 unspecified atom stereocenters. The zero-order valence-electron chi connectivity index (χ0n) is 9.87. The van der Waals surface area contributed by atoms with Gasteiger partial charge in [-0.3, -0.25) is 0 Å². The number of hydrogen-bond donors (Lipinski definition) is 1. The predicted octanol–water partition coefficient (Wildman–Crippen LogP) is 3.31. The van der Waals surface area contributed by atoms with Crippen molar-refractivity contribution >= 4 is 28.4 Å². The van der Waals surface area contributed by atoms with Gasteiger partial charge in [0.15, 0.2) is 0 Å². The molecule has 2 rings (SSSR count). The highest BCUT2D eigenvalue weighted by atomic mass is 127. The quantitative estimate of drug-likeness (QED) is 0.872. The number of rotatable bonds is 3. The maximum atomic E-state index is 4.42. The first-order valence-electron chi connectivity index (χ1n) is 5.45. The number of halogens is 1. The first-order valence-corrected chi connectivity index (χ1v) is 6.53. The first kappa shape index (κ1) is 12.3. The van der Waals surface area contributed by atoms with E-state index in [1.54, 1.807) is 0 Å². The summed E-state index contributed by atoms with van der Waals surface area (Å²) in [5.74, 6) is 1.72. The summed E-state index contributed by atoms with van der Waals surface area (Å²) in [6.07, 6.45) is 0. The van der Waals surface area contributed by atoms with Gasteiger partial charge in [-0.1, -0.05) is 30.3 Å². The van der Waals surface area contributed by atoms with Gasteiger partial charge in [0.05, 0.1) is 9.26 Å². The van der Waals surface area contributed by atoms with E-state index in [2.05, 4.69) is 50.0 Å². The van der Waals surface area contributed by atoms with Crippen molar-refractivity contribution < 1.29 is 0 Å². The van der Waals surface area contributed by atoms with Crippen LogP contribution < -0.4 is 5.32 Å². The fraction of sp³-hybridized carbons (Fsp3) is 0.231. The Morgan fingerprint density at radius 3 is 2.53 bits per heavy atom. The SMILES string of the molecule is Cc1nc(C)c(I)c(NCc2ccccc2)n1. The Labute approximate surface area is 115 Å². The molecule has 0 fully saturated rings. The Hall–Kier alpha value is -1.17. The second-order valence-corrected chi connectivity index (χ2v) is 4.94. The van der Waals surface area contributed by atoms with Crippen LogP contribution in [0.15, 0.2) is 30.3 Å². The zero-order chi connectivity index (χ0) is 12.3. The largest absolute Gasteiger partial charge is 0.365 e. The second kappa shape index (κ2) is 5.44. The van der Waals surface area contributed by atoms with Crippen LogP contribution in [0.1, 0.15) is 17.1 Å². The summed E-state index contributed by atoms with van der Waals surface area (Å²) in [7, 11) is 0. The molecule has 0 atom stereocenters. The average molecular weight is 339 g/mol. The van der Waals surface area contributed by atoms with E-state index >= 15 is 0 Å². The summed E-state index contributed by atoms with van der Waals surface area (Å²) < 4.78 is 1.09. The molecule has 0 aliphatic rings. The van der Waals surface area contributed by atoms with Crippen molar-refractivity contribution in [1.29, 1.82) is 0 Å². The Bertz CT molecular complexity index is 512. The lowest BCUT2D eigenvalue weighted by atomic mass is 10.2. The highest BCUT2D eigenvalue weighted by molar-refractivity contribution is 14.1. The highest BCUT2D eigenvalue weighted by Crippen LogP contribution is 2.19. The minimum Gasteiger partial charge on any atom is -0.365 e. The number of benzene rings is 1. The molecule has 0 radical (unpaired) electrons. The van der Waals surface area contributed by atoms with E-state index in [9.17, 15) is 0 Å². The molecule has 17 heavy (non-hydrogen) atoms. The first-order chi connectivity index (χ1) is 8.16. The lowest BCUT2D eigenvalue weighted by Crippen LogP contribution is -2.06. The van der Waals surface area contributed by atoms with E-state index in [1.807, 2.05) is 32.0 Å². The molecule has 1 N–H and O–H groups in total. The fourth-order valence-corrected chi connectivity index (χ4v) is 2.03. The van der Waals surface area contributed by atoms with Crippen LogP contribution in [0.25, 0.3) is 0 Å². The van der Waals surface area contributed by atoms with Gasteiger partial charge in [0.1, 0.15) is 11.6 Å². The summed E-state index contributed by atoms with van der Waals surface area (Å²) in [5, 5.41) is 3.35. The summed E-state index contributed by atoms with van der Waals surface area (Å²) in [4.78, 5) is 8.75. The van der Waals surface area contributed by atoms with Crippen LogP contribution in [-0.2, 0) is 6.54 Å². The minimum absolute atomic E-state index is 0.784. The number of aryl methyl sites for hydroxylation is 2. The number of anilines is 1. The van der Waals surface area contributed by atoms with E-state index in [1.165, 1.54) is 5.56 Å². The summed E-state index contributed by atoms with van der Waals surface area (Å²) in [6, 6.07) is 10.3. The van der Waals surface area contributed by atoms with Gasteiger partial charge in [0.2, 0.25) is 0 Å². The van der Waals surface area contributed by atoms with Gasteiger partial charge < -0.3 is 5.32 Å². The zero-order valence-corrected chi connectivity index (χ0v) is 12.0. The lowest BCUT2D eigenvalue weighted by molar-refractivity contribution is 0.979. The molecular weight excluding hydrogens is 325 g/mol. The van der Waals surface area contributed by atoms with Crippen molar-refractivity contribution in [1.82, 2.24) is 9.97 Å². The molecule has 0 saturated heterocycles. The van der Waals surface area contributed by atoms with Gasteiger partial charge in [-0.05, 0) is 42.0 Å². The van der Waals surface area contributed by atoms with E-state index in [0.29, 0.717) is 0 Å². The Morgan fingerprint density at radius 2 is 1.82 bits per heavy atom. The van der Waals surface area contributed by atoms with Crippen LogP contribution in [0.3, 0.4) is 0 Å². The third-order valence-electron chi connectivity index (χ3n) is 2.43. The van der Waals surface area contributed by atoms with E-state index in [4.69, 9.17) is 0 Å². The molecule has 1 aromatic carbocycles. The molecule has 0 bridgehead atoms. The number of nitrogens with zero attached hydrogens (tertiary/aromatic N) is 2. The van der Waals surface area contributed by atoms with Crippen LogP contribution in [0, 0.1) is 17.4 Å². The Balaban J connectivity index is 2.14. The van der Waals surface area contributed by atoms with E-state index in [0.717, 1.165) is 27.5 Å². The van der Waals surface area contributed by atoms with Crippen LogP contribution in [0.4, 0.5) is 5.82 Å². The van der Waals surface area contributed by atoms with Crippen molar-refractivity contribution in [3.05, 3.63) is 51.0 Å². The molecule has 0 spiro atoms. The van der Waals surface area contributed by atoms with Crippen molar-refractivity contribution in [3.63, 3.8) is 0 Å². The van der Waals surface area contributed by atoms with Gasteiger partial charge >= 0.3 is 0 Å². The van der Waals surface area contributed by atoms with Crippen LogP contribution in [0.2, 0.25) is 0 Å². The maximum Gasteiger partial charge on any atom is 0.143 e. The van der Waals surface area contributed by atoms with Crippen molar-refractivity contribution in [2.75, 3.05) is 5.32 Å². The Morgan fingerprint density at radius 1 is 1.12 bits per heavy atom. The van der Waals surface area contributed by atoms with Gasteiger partial charge in [0, 0.05) is 6.54 Å². The van der Waals surface area contributed by atoms with Gasteiger partial charge in [-0.2, -0.15) is 0 Å². The smallest absolute Gasteiger partial charge is 0.143 e. The van der Waals surface area contributed by atoms with Gasteiger partial charge in [-0.15, -0.1) is 0 Å². The molecule has 88 valence electrons. The second-order valence-electron chi connectivity index (χ2n) is 3.86. The molecule has 2 aromatic rings. The molecule has 1 heterocycles. The van der Waals surface area contributed by atoms with Gasteiger partial charge in [-0.25, -0.2) is 9.97 Å². The van der Waals surface area contributed by atoms with Crippen molar-refractivity contribution in [2.45, 2.75) is 20.4 Å². The van der Waals surface area contributed by atoms with Crippen molar-refractivity contribution in [3.8, 4) is 0 Å². The normalized spacial score (nSPS) is 10.3. The van der Waals surface area contributed by atoms with E-state index in [-0.39, 0.29) is 0 Å². The summed E-state index contributed by atoms with van der Waals surface area (Å²) in [5.41, 5.74) is 2.27. The molecule has 0 saturated carbocycles. The fourth-order valence-electron chi connectivity index (χ4n) is 1.60. The maximum absolute atomic E-state index is 4.42. The summed E-state index contributed by atoms with van der Waals surface area (Å²) >= 11 is 2.28. The van der Waals surface area contributed by atoms with Crippen LogP contribution in [0.5, 0.6) is 0 Å². The molecule has 0 aliphatic heterocycles. The topological polar surface area (TPSA) is 37.8 Å². The van der Waals surface area contributed by atoms with Gasteiger partial charge in [0.25, 0.3) is 0 Å². The molecule has 3 nitrogen and oxygen atoms in total. The number of aromatic nitrogens is 2. The molecule has 0 aliphatic carbocycles. The number of hydrogen-bond acceptors (Lipinski definition) is 3. The molecule has 0 amide bonds. The number of nitrogens with one attached hydrogen (secondary N) is 1. The monoisotopic (exact) mass is 339 g/mol. The third kappa shape index (κ3) is 3.15. The minimum atomic E-state index is 0.784. The molecule has 4 heteroatoms. The summed E-state index contributed by atoms with van der Waals surface area (Å²) in [6.45, 7) is 4.70. The molecular formula is C13H14IN3.